The molecule has 2 rings (SSSR count). The first kappa shape index (κ1) is 16.7. The van der Waals surface area contributed by atoms with Crippen LogP contribution in [0, 0.1) is 23.5 Å². The van der Waals surface area contributed by atoms with Gasteiger partial charge in [0, 0.05) is 6.08 Å². The van der Waals surface area contributed by atoms with E-state index in [1.54, 1.807) is 12.1 Å². The Morgan fingerprint density at radius 3 is 2.45 bits per heavy atom. The third-order valence-electron chi connectivity index (χ3n) is 4.52. The van der Waals surface area contributed by atoms with Gasteiger partial charge in [0.05, 0.1) is 0 Å². The van der Waals surface area contributed by atoms with E-state index >= 15 is 0 Å². The summed E-state index contributed by atoms with van der Waals surface area (Å²) in [5, 5.41) is 8.56. The standard InChI is InChI=1S/C18H22F2O2/c19-16-11-10-15(12-17(16)20)9-8-14-6-4-13(5-7-14)2-1-3-18(21)22/h1,3,10-14H,2,4-9H2,(H,21,22)/b3-1+. The Kier molecular flexibility index (Phi) is 6.10. The van der Waals surface area contributed by atoms with Crippen LogP contribution in [0.4, 0.5) is 8.78 Å². The zero-order valence-corrected chi connectivity index (χ0v) is 12.6. The summed E-state index contributed by atoms with van der Waals surface area (Å²) in [4.78, 5) is 10.4. The summed E-state index contributed by atoms with van der Waals surface area (Å²) in [6.07, 6.45) is 10.1. The molecule has 4 heteroatoms. The third-order valence-corrected chi connectivity index (χ3v) is 4.52. The number of hydrogen-bond acceptors (Lipinski definition) is 1. The van der Waals surface area contributed by atoms with Gasteiger partial charge in [0.1, 0.15) is 0 Å². The van der Waals surface area contributed by atoms with E-state index in [9.17, 15) is 13.6 Å². The number of carboxylic acids is 1. The Morgan fingerprint density at radius 1 is 1.14 bits per heavy atom. The molecule has 1 fully saturated rings. The van der Waals surface area contributed by atoms with Gasteiger partial charge in [-0.2, -0.15) is 0 Å². The fraction of sp³-hybridized carbons (Fsp3) is 0.500. The summed E-state index contributed by atoms with van der Waals surface area (Å²) in [6.45, 7) is 0. The quantitative estimate of drug-likeness (QED) is 0.771. The first-order valence-corrected chi connectivity index (χ1v) is 7.88. The van der Waals surface area contributed by atoms with E-state index in [-0.39, 0.29) is 0 Å². The van der Waals surface area contributed by atoms with Crippen LogP contribution >= 0.6 is 0 Å². The van der Waals surface area contributed by atoms with E-state index in [0.717, 1.165) is 50.5 Å². The molecule has 1 saturated carbocycles. The monoisotopic (exact) mass is 308 g/mol. The van der Waals surface area contributed by atoms with Gasteiger partial charge in [0.2, 0.25) is 0 Å². The minimum atomic E-state index is -0.889. The molecular weight excluding hydrogens is 286 g/mol. The first-order valence-electron chi connectivity index (χ1n) is 7.88. The van der Waals surface area contributed by atoms with E-state index in [4.69, 9.17) is 5.11 Å². The number of carbonyl (C=O) groups is 1. The van der Waals surface area contributed by atoms with Crippen LogP contribution in [0.1, 0.15) is 44.1 Å². The Labute approximate surface area is 129 Å². The first-order chi connectivity index (χ1) is 10.5. The molecule has 1 aromatic rings. The fourth-order valence-corrected chi connectivity index (χ4v) is 3.18. The summed E-state index contributed by atoms with van der Waals surface area (Å²) >= 11 is 0. The molecule has 1 N–H and O–H groups in total. The maximum Gasteiger partial charge on any atom is 0.327 e. The molecule has 0 radical (unpaired) electrons. The molecule has 0 atom stereocenters. The molecule has 0 bridgehead atoms. The maximum absolute atomic E-state index is 13.1. The van der Waals surface area contributed by atoms with Gasteiger partial charge in [-0.1, -0.05) is 25.0 Å². The Balaban J connectivity index is 1.71. The predicted molar refractivity (Wildman–Crippen MR) is 81.5 cm³/mol. The Morgan fingerprint density at radius 2 is 1.82 bits per heavy atom. The second-order valence-electron chi connectivity index (χ2n) is 6.15. The van der Waals surface area contributed by atoms with Crippen molar-refractivity contribution in [3.05, 3.63) is 47.5 Å². The van der Waals surface area contributed by atoms with Crippen LogP contribution in [0.3, 0.4) is 0 Å². The molecule has 2 nitrogen and oxygen atoms in total. The highest BCUT2D eigenvalue weighted by Crippen LogP contribution is 2.33. The van der Waals surface area contributed by atoms with Crippen molar-refractivity contribution in [1.82, 2.24) is 0 Å². The van der Waals surface area contributed by atoms with E-state index in [2.05, 4.69) is 0 Å². The lowest BCUT2D eigenvalue weighted by Crippen LogP contribution is -2.14. The van der Waals surface area contributed by atoms with Crippen LogP contribution in [0.15, 0.2) is 30.4 Å². The van der Waals surface area contributed by atoms with Crippen molar-refractivity contribution >= 4 is 5.97 Å². The number of carboxylic acid groups (broad SMARTS) is 1. The van der Waals surface area contributed by atoms with E-state index in [1.165, 1.54) is 18.2 Å². The van der Waals surface area contributed by atoms with Crippen LogP contribution in [0.5, 0.6) is 0 Å². The zero-order chi connectivity index (χ0) is 15.9. The lowest BCUT2D eigenvalue weighted by Gasteiger charge is -2.27. The number of aliphatic carboxylic acids is 1. The number of rotatable bonds is 6. The highest BCUT2D eigenvalue weighted by atomic mass is 19.2. The normalized spacial score (nSPS) is 22.1. The van der Waals surface area contributed by atoms with Gasteiger partial charge in [-0.15, -0.1) is 0 Å². The summed E-state index contributed by atoms with van der Waals surface area (Å²) in [7, 11) is 0. The summed E-state index contributed by atoms with van der Waals surface area (Å²) in [5.41, 5.74) is 0.852. The van der Waals surface area contributed by atoms with Crippen LogP contribution in [-0.4, -0.2) is 11.1 Å². The average Bonchev–Trinajstić information content (AvgIpc) is 2.49. The molecule has 22 heavy (non-hydrogen) atoms. The second kappa shape index (κ2) is 8.06. The van der Waals surface area contributed by atoms with Gasteiger partial charge < -0.3 is 5.11 Å². The fourth-order valence-electron chi connectivity index (χ4n) is 3.18. The predicted octanol–water partition coefficient (Wildman–Crippen LogP) is 4.73. The van der Waals surface area contributed by atoms with Crippen molar-refractivity contribution in [3.63, 3.8) is 0 Å². The number of halogens is 2. The average molecular weight is 308 g/mol. The van der Waals surface area contributed by atoms with Crippen molar-refractivity contribution < 1.29 is 18.7 Å². The lowest BCUT2D eigenvalue weighted by atomic mass is 9.78. The summed E-state index contributed by atoms with van der Waals surface area (Å²) < 4.78 is 26.0. The second-order valence-corrected chi connectivity index (χ2v) is 6.15. The topological polar surface area (TPSA) is 37.3 Å². The molecular formula is C18H22F2O2. The highest BCUT2D eigenvalue weighted by molar-refractivity contribution is 5.79. The van der Waals surface area contributed by atoms with E-state index in [1.807, 2.05) is 0 Å². The van der Waals surface area contributed by atoms with Crippen molar-refractivity contribution in [2.45, 2.75) is 44.9 Å². The van der Waals surface area contributed by atoms with E-state index in [0.29, 0.717) is 11.8 Å². The molecule has 1 aliphatic carbocycles. The number of benzene rings is 1. The number of allylic oxidation sites excluding steroid dienone is 1. The van der Waals surface area contributed by atoms with Gasteiger partial charge in [0.25, 0.3) is 0 Å². The lowest BCUT2D eigenvalue weighted by molar-refractivity contribution is -0.131. The largest absolute Gasteiger partial charge is 0.478 e. The molecule has 0 aromatic heterocycles. The third kappa shape index (κ3) is 5.24. The molecule has 0 unspecified atom stereocenters. The SMILES string of the molecule is O=C(O)/C=C/CC1CCC(CCc2ccc(F)c(F)c2)CC1. The van der Waals surface area contributed by atoms with Crippen molar-refractivity contribution in [3.8, 4) is 0 Å². The molecule has 0 aliphatic heterocycles. The van der Waals surface area contributed by atoms with Crippen LogP contribution in [0.2, 0.25) is 0 Å². The smallest absolute Gasteiger partial charge is 0.327 e. The Hall–Kier alpha value is -1.71. The van der Waals surface area contributed by atoms with Gasteiger partial charge in [-0.25, -0.2) is 13.6 Å². The number of hydrogen-bond donors (Lipinski definition) is 1. The van der Waals surface area contributed by atoms with Crippen molar-refractivity contribution in [1.29, 1.82) is 0 Å². The van der Waals surface area contributed by atoms with Gasteiger partial charge in [-0.3, -0.25) is 0 Å². The minimum Gasteiger partial charge on any atom is -0.478 e. The molecule has 0 heterocycles. The van der Waals surface area contributed by atoms with Crippen molar-refractivity contribution in [2.24, 2.45) is 11.8 Å². The Bertz CT molecular complexity index is 532. The van der Waals surface area contributed by atoms with Crippen LogP contribution in [-0.2, 0) is 11.2 Å². The molecule has 0 spiro atoms. The van der Waals surface area contributed by atoms with Crippen molar-refractivity contribution in [2.75, 3.05) is 0 Å². The molecule has 1 aromatic carbocycles. The zero-order valence-electron chi connectivity index (χ0n) is 12.6. The summed E-state index contributed by atoms with van der Waals surface area (Å²) in [5.74, 6) is -1.24. The summed E-state index contributed by atoms with van der Waals surface area (Å²) in [6, 6.07) is 4.13. The molecule has 0 amide bonds. The molecule has 1 aliphatic rings. The molecule has 0 saturated heterocycles. The highest BCUT2D eigenvalue weighted by Gasteiger charge is 2.20. The van der Waals surface area contributed by atoms with Crippen LogP contribution in [0.25, 0.3) is 0 Å². The van der Waals surface area contributed by atoms with Gasteiger partial charge in [-0.05, 0) is 61.6 Å². The minimum absolute atomic E-state index is 0.579. The molecule has 120 valence electrons. The van der Waals surface area contributed by atoms with E-state index < -0.39 is 17.6 Å². The number of aryl methyl sites for hydroxylation is 1. The van der Waals surface area contributed by atoms with Gasteiger partial charge >= 0.3 is 5.97 Å². The van der Waals surface area contributed by atoms with Crippen LogP contribution < -0.4 is 0 Å². The maximum atomic E-state index is 13.1. The van der Waals surface area contributed by atoms with Gasteiger partial charge in [0.15, 0.2) is 11.6 Å².